The zero-order valence-corrected chi connectivity index (χ0v) is 17.2. The van der Waals surface area contributed by atoms with Gasteiger partial charge < -0.3 is 10.5 Å². The fourth-order valence-corrected chi connectivity index (χ4v) is 6.65. The second kappa shape index (κ2) is 7.70. The van der Waals surface area contributed by atoms with Crippen molar-refractivity contribution in [3.05, 3.63) is 65.7 Å². The van der Waals surface area contributed by atoms with Gasteiger partial charge in [-0.1, -0.05) is 61.6 Å². The third kappa shape index (κ3) is 3.42. The molecule has 2 aromatic carbocycles. The summed E-state index contributed by atoms with van der Waals surface area (Å²) in [6.07, 6.45) is 0.927. The van der Waals surface area contributed by atoms with E-state index in [1.54, 1.807) is 30.3 Å². The predicted octanol–water partition coefficient (Wildman–Crippen LogP) is 3.50. The minimum absolute atomic E-state index is 0.199. The second-order valence-corrected chi connectivity index (χ2v) is 9.40. The lowest BCUT2D eigenvalue weighted by Gasteiger charge is -2.17. The van der Waals surface area contributed by atoms with E-state index in [9.17, 15) is 8.42 Å². The lowest BCUT2D eigenvalue weighted by atomic mass is 9.98. The first-order valence-corrected chi connectivity index (χ1v) is 11.1. The standard InChI is InChI=1S/C21H25NO3S2/c1-3-15-10-12-16(13-11-15)18-19(21(18,20(22)26)14-25-4-2)27(23,24)17-8-6-5-7-9-17/h5-13,18-19H,3-4,14H2,1-2H3,(H2,22,26). The van der Waals surface area contributed by atoms with Gasteiger partial charge >= 0.3 is 0 Å². The molecule has 3 atom stereocenters. The molecular weight excluding hydrogens is 378 g/mol. The van der Waals surface area contributed by atoms with E-state index in [2.05, 4.69) is 6.92 Å². The highest BCUT2D eigenvalue weighted by molar-refractivity contribution is 7.92. The van der Waals surface area contributed by atoms with Crippen molar-refractivity contribution in [1.29, 1.82) is 0 Å². The molecule has 0 heterocycles. The molecule has 27 heavy (non-hydrogen) atoms. The Balaban J connectivity index is 2.08. The number of aryl methyl sites for hydroxylation is 1. The van der Waals surface area contributed by atoms with Gasteiger partial charge in [0.2, 0.25) is 0 Å². The van der Waals surface area contributed by atoms with E-state index >= 15 is 0 Å². The number of ether oxygens (including phenoxy) is 1. The van der Waals surface area contributed by atoms with Crippen molar-refractivity contribution < 1.29 is 13.2 Å². The van der Waals surface area contributed by atoms with E-state index in [0.29, 0.717) is 11.5 Å². The molecule has 1 aliphatic carbocycles. The number of rotatable bonds is 8. The summed E-state index contributed by atoms with van der Waals surface area (Å²) in [6.45, 7) is 4.64. The summed E-state index contributed by atoms with van der Waals surface area (Å²) in [4.78, 5) is 0.491. The monoisotopic (exact) mass is 403 g/mol. The first-order chi connectivity index (χ1) is 12.9. The van der Waals surface area contributed by atoms with E-state index in [4.69, 9.17) is 22.7 Å². The lowest BCUT2D eigenvalue weighted by molar-refractivity contribution is 0.121. The molecule has 4 nitrogen and oxygen atoms in total. The van der Waals surface area contributed by atoms with Gasteiger partial charge in [0.1, 0.15) is 0 Å². The number of sulfone groups is 1. The summed E-state index contributed by atoms with van der Waals surface area (Å²) in [6, 6.07) is 16.5. The molecule has 144 valence electrons. The van der Waals surface area contributed by atoms with Crippen LogP contribution in [0.25, 0.3) is 0 Å². The van der Waals surface area contributed by atoms with Crippen molar-refractivity contribution in [2.45, 2.75) is 36.3 Å². The van der Waals surface area contributed by atoms with Gasteiger partial charge in [0.25, 0.3) is 0 Å². The fourth-order valence-electron chi connectivity index (χ4n) is 3.86. The van der Waals surface area contributed by atoms with Crippen LogP contribution in [0.5, 0.6) is 0 Å². The Morgan fingerprint density at radius 1 is 1.11 bits per heavy atom. The van der Waals surface area contributed by atoms with Gasteiger partial charge in [0.05, 0.1) is 27.2 Å². The SMILES string of the molecule is CCOCC1(C(N)=S)C(c2ccc(CC)cc2)C1S(=O)(=O)c1ccccc1. The minimum atomic E-state index is -3.61. The van der Waals surface area contributed by atoms with Gasteiger partial charge in [-0.15, -0.1) is 0 Å². The van der Waals surface area contributed by atoms with Crippen LogP contribution in [0.15, 0.2) is 59.5 Å². The molecule has 1 saturated carbocycles. The maximum atomic E-state index is 13.4. The van der Waals surface area contributed by atoms with E-state index in [1.165, 1.54) is 5.56 Å². The van der Waals surface area contributed by atoms with E-state index in [1.807, 2.05) is 31.2 Å². The highest BCUT2D eigenvalue weighted by atomic mass is 32.2. The smallest absolute Gasteiger partial charge is 0.182 e. The number of benzene rings is 2. The van der Waals surface area contributed by atoms with E-state index < -0.39 is 20.5 Å². The van der Waals surface area contributed by atoms with Crippen LogP contribution in [0.3, 0.4) is 0 Å². The maximum absolute atomic E-state index is 13.4. The van der Waals surface area contributed by atoms with Gasteiger partial charge in [-0.3, -0.25) is 0 Å². The maximum Gasteiger partial charge on any atom is 0.182 e. The third-order valence-electron chi connectivity index (χ3n) is 5.41. The normalized spacial score (nSPS) is 24.5. The van der Waals surface area contributed by atoms with Crippen LogP contribution >= 0.6 is 12.2 Å². The van der Waals surface area contributed by atoms with Crippen LogP contribution in [-0.2, 0) is 21.0 Å². The van der Waals surface area contributed by atoms with Crippen molar-refractivity contribution in [3.63, 3.8) is 0 Å². The van der Waals surface area contributed by atoms with Crippen molar-refractivity contribution in [2.75, 3.05) is 13.2 Å². The first kappa shape index (κ1) is 20.0. The van der Waals surface area contributed by atoms with Crippen LogP contribution in [-0.4, -0.2) is 31.9 Å². The van der Waals surface area contributed by atoms with E-state index in [0.717, 1.165) is 12.0 Å². The van der Waals surface area contributed by atoms with Crippen molar-refractivity contribution in [1.82, 2.24) is 0 Å². The topological polar surface area (TPSA) is 69.4 Å². The van der Waals surface area contributed by atoms with Crippen molar-refractivity contribution >= 4 is 27.0 Å². The van der Waals surface area contributed by atoms with Crippen LogP contribution in [0.2, 0.25) is 0 Å². The highest BCUT2D eigenvalue weighted by Crippen LogP contribution is 2.64. The summed E-state index contributed by atoms with van der Waals surface area (Å²) in [5.41, 5.74) is 7.36. The Morgan fingerprint density at radius 3 is 2.26 bits per heavy atom. The Labute approximate surface area is 166 Å². The van der Waals surface area contributed by atoms with Gasteiger partial charge in [-0.25, -0.2) is 8.42 Å². The molecule has 2 N–H and O–H groups in total. The summed E-state index contributed by atoms with van der Waals surface area (Å²) in [7, 11) is -3.61. The zero-order valence-electron chi connectivity index (χ0n) is 15.6. The van der Waals surface area contributed by atoms with Gasteiger partial charge in [0.15, 0.2) is 9.84 Å². The molecule has 3 rings (SSSR count). The summed E-state index contributed by atoms with van der Waals surface area (Å²) < 4.78 is 32.5. The summed E-state index contributed by atoms with van der Waals surface area (Å²) in [5.74, 6) is -0.308. The molecule has 0 amide bonds. The Kier molecular flexibility index (Phi) is 5.70. The summed E-state index contributed by atoms with van der Waals surface area (Å²) >= 11 is 5.36. The second-order valence-electron chi connectivity index (χ2n) is 6.89. The van der Waals surface area contributed by atoms with Crippen molar-refractivity contribution in [2.24, 2.45) is 11.1 Å². The van der Waals surface area contributed by atoms with Gasteiger partial charge in [0, 0.05) is 12.5 Å². The van der Waals surface area contributed by atoms with Crippen LogP contribution in [0.1, 0.15) is 30.9 Å². The first-order valence-electron chi connectivity index (χ1n) is 9.15. The molecule has 3 unspecified atom stereocenters. The number of thiocarbonyl (C=S) groups is 1. The molecule has 0 saturated heterocycles. The molecular formula is C21H25NO3S2. The number of hydrogen-bond acceptors (Lipinski definition) is 4. The van der Waals surface area contributed by atoms with Gasteiger partial charge in [-0.05, 0) is 36.6 Å². The molecule has 0 bridgehead atoms. The van der Waals surface area contributed by atoms with Gasteiger partial charge in [-0.2, -0.15) is 0 Å². The molecule has 0 radical (unpaired) electrons. The van der Waals surface area contributed by atoms with Crippen LogP contribution < -0.4 is 5.73 Å². The summed E-state index contributed by atoms with van der Waals surface area (Å²) in [5, 5.41) is -0.719. The fraction of sp³-hybridized carbons (Fsp3) is 0.381. The van der Waals surface area contributed by atoms with E-state index in [-0.39, 0.29) is 17.5 Å². The average Bonchev–Trinajstić information content (AvgIpc) is 3.38. The minimum Gasteiger partial charge on any atom is -0.393 e. The largest absolute Gasteiger partial charge is 0.393 e. The predicted molar refractivity (Wildman–Crippen MR) is 112 cm³/mol. The molecule has 0 aromatic heterocycles. The third-order valence-corrected chi connectivity index (χ3v) is 8.08. The number of nitrogens with two attached hydrogens (primary N) is 1. The lowest BCUT2D eigenvalue weighted by Crippen LogP contribution is -2.33. The number of hydrogen-bond donors (Lipinski definition) is 1. The highest BCUT2D eigenvalue weighted by Gasteiger charge is 2.73. The van der Waals surface area contributed by atoms with Crippen molar-refractivity contribution in [3.8, 4) is 0 Å². The quantitative estimate of drug-likeness (QED) is 0.683. The van der Waals surface area contributed by atoms with Crippen LogP contribution in [0.4, 0.5) is 0 Å². The average molecular weight is 404 g/mol. The molecule has 0 aliphatic heterocycles. The molecule has 1 fully saturated rings. The zero-order chi connectivity index (χ0) is 19.7. The molecule has 6 heteroatoms. The molecule has 1 aliphatic rings. The van der Waals surface area contributed by atoms with Crippen LogP contribution in [0, 0.1) is 5.41 Å². The molecule has 0 spiro atoms. The Bertz CT molecular complexity index is 910. The Hall–Kier alpha value is -1.76. The Morgan fingerprint density at radius 2 is 1.74 bits per heavy atom. The molecule has 2 aromatic rings.